The van der Waals surface area contributed by atoms with Gasteiger partial charge in [0.25, 0.3) is 35.4 Å². The Hall–Kier alpha value is -9.40. The zero-order valence-electron chi connectivity index (χ0n) is 87.3. The smallest absolute Gasteiger partial charge is 0.261 e. The Morgan fingerprint density at radius 3 is 0.669 bits per heavy atom. The van der Waals surface area contributed by atoms with Crippen molar-refractivity contribution in [3.8, 4) is 61.3 Å². The van der Waals surface area contributed by atoms with Crippen LogP contribution in [0.25, 0.3) is 95.2 Å². The van der Waals surface area contributed by atoms with Crippen LogP contribution in [0.4, 0.5) is 11.4 Å². The molecule has 0 bridgehead atoms. The third kappa shape index (κ3) is 22.7. The van der Waals surface area contributed by atoms with Crippen LogP contribution in [0.3, 0.4) is 0 Å². The zero-order valence-corrected chi connectivity index (χ0v) is 92.2. The topological polar surface area (TPSA) is 122 Å². The number of rotatable bonds is 56. The predicted molar refractivity (Wildman–Crippen MR) is 607 cm³/mol. The van der Waals surface area contributed by atoms with E-state index >= 15 is 28.8 Å². The van der Waals surface area contributed by atoms with E-state index in [4.69, 9.17) is 0 Å². The van der Waals surface area contributed by atoms with E-state index in [9.17, 15) is 0 Å². The Kier molecular flexibility index (Phi) is 36.9. The minimum Gasteiger partial charge on any atom is -0.307 e. The molecule has 0 saturated carbocycles. The third-order valence-corrected chi connectivity index (χ3v) is 38.4. The van der Waals surface area contributed by atoms with E-state index in [1.54, 1.807) is 68.0 Å². The van der Waals surface area contributed by atoms with E-state index in [0.717, 1.165) is 293 Å². The molecule has 142 heavy (non-hydrogen) atoms. The summed E-state index contributed by atoms with van der Waals surface area (Å²) in [4.78, 5) is 121. The van der Waals surface area contributed by atoms with E-state index in [1.807, 2.05) is 29.4 Å². The van der Waals surface area contributed by atoms with E-state index in [2.05, 4.69) is 255 Å². The van der Waals surface area contributed by atoms with Crippen LogP contribution < -0.4 is 9.80 Å². The Morgan fingerprint density at radius 1 is 0.204 bits per heavy atom. The van der Waals surface area contributed by atoms with Crippen LogP contribution >= 0.6 is 68.0 Å². The maximum atomic E-state index is 16.2. The van der Waals surface area contributed by atoms with Gasteiger partial charge in [0, 0.05) is 89.4 Å². The van der Waals surface area contributed by atoms with Gasteiger partial charge >= 0.3 is 0 Å². The molecule has 12 nitrogen and oxygen atoms in total. The van der Waals surface area contributed by atoms with Crippen molar-refractivity contribution in [2.75, 3.05) is 49.1 Å². The van der Waals surface area contributed by atoms with Gasteiger partial charge in [0.05, 0.1) is 87.1 Å². The van der Waals surface area contributed by atoms with Gasteiger partial charge in [-0.05, 0) is 218 Å². The molecule has 6 aliphatic rings. The highest BCUT2D eigenvalue weighted by atomic mass is 32.1. The van der Waals surface area contributed by atoms with Gasteiger partial charge in [0.15, 0.2) is 0 Å². The fraction of sp³-hybridized carbons (Fsp3) is 0.484. The number of carbonyl (C=O) groups is 6. The maximum absolute atomic E-state index is 16.2. The minimum absolute atomic E-state index is 0.0735. The molecule has 0 saturated heterocycles. The highest BCUT2D eigenvalue weighted by Crippen LogP contribution is 2.57. The molecule has 16 rings (SSSR count). The second kappa shape index (κ2) is 49.7. The molecule has 12 heterocycles. The second-order valence-electron chi connectivity index (χ2n) is 41.1. The standard InChI is InChI=1S/C124H154N6O6S6/c1-15-29-37-39-47-87-49-53-89(54-50-87)97-63-69-105(139-97)115-111-113(123(135)127(115)77-83(25-11)43-33-19-5)117(129(121(111)133)79-85(27-13)45-35-21-7)107-71-67-103(141-107)101-65-61-99(137-101)91-57-59-93-95(73-91)125(75-81(23-9)41-31-17-3)119(131)109(93)110-94-60-58-92(74-96(94)126(120(110)132)76-82(24-10)42-32-18-4)100-62-66-102(138-100)104-68-72-108(142-104)118-114-112(122(134)130(118)80-86(28-14)46-36-22-8)116(128(124(114)136)78-84(26-12)44-34-20-6)106-70-64-98(140-106)90-55-51-88(52-56-90)48-40-38-30-16-2/h49-74,81-86H,15-48,75-80H2,1-14H3/b110-109+. The van der Waals surface area contributed by atoms with E-state index < -0.39 is 0 Å². The highest BCUT2D eigenvalue weighted by Gasteiger charge is 2.53. The molecule has 0 fully saturated rings. The molecule has 6 unspecified atom stereocenters. The van der Waals surface area contributed by atoms with Crippen LogP contribution in [-0.4, -0.2) is 94.3 Å². The summed E-state index contributed by atoms with van der Waals surface area (Å²) in [6, 6.07) is 57.2. The average molecular weight is 2020 g/mol. The molecule has 0 aliphatic carbocycles. The first-order valence-electron chi connectivity index (χ1n) is 55.0. The van der Waals surface area contributed by atoms with Crippen molar-refractivity contribution in [2.45, 2.75) is 315 Å². The number of hydrogen-bond acceptors (Lipinski definition) is 12. The van der Waals surface area contributed by atoms with Gasteiger partial charge in [-0.1, -0.05) is 324 Å². The fourth-order valence-electron chi connectivity index (χ4n) is 22.2. The Balaban J connectivity index is 0.739. The van der Waals surface area contributed by atoms with E-state index in [0.29, 0.717) is 72.7 Å². The molecule has 0 spiro atoms. The molecular formula is C124H154N6O6S6. The summed E-state index contributed by atoms with van der Waals surface area (Å²) < 4.78 is 0. The summed E-state index contributed by atoms with van der Waals surface area (Å²) in [5, 5.41) is 0. The number of anilines is 2. The minimum atomic E-state index is -0.133. The number of thiophene rings is 6. The first-order valence-corrected chi connectivity index (χ1v) is 59.9. The van der Waals surface area contributed by atoms with Crippen molar-refractivity contribution in [3.63, 3.8) is 0 Å². The van der Waals surface area contributed by atoms with Gasteiger partial charge in [-0.25, -0.2) is 0 Å². The molecule has 0 N–H and O–H groups in total. The number of nitrogens with zero attached hydrogens (tertiary/aromatic N) is 6. The molecule has 10 aromatic rings. The lowest BCUT2D eigenvalue weighted by molar-refractivity contribution is -0.124. The molecule has 4 aromatic carbocycles. The molecule has 6 aromatic heterocycles. The first-order chi connectivity index (χ1) is 69.3. The number of hydrogen-bond donors (Lipinski definition) is 0. The van der Waals surface area contributed by atoms with Gasteiger partial charge in [-0.3, -0.25) is 28.8 Å². The molecule has 18 heteroatoms. The monoisotopic (exact) mass is 2020 g/mol. The van der Waals surface area contributed by atoms with Crippen molar-refractivity contribution in [1.29, 1.82) is 0 Å². The lowest BCUT2D eigenvalue weighted by Gasteiger charge is -2.29. The number of unbranched alkanes of at least 4 members (excludes halogenated alkanes) is 12. The van der Waals surface area contributed by atoms with Crippen molar-refractivity contribution in [1.82, 2.24) is 19.6 Å². The quantitative estimate of drug-likeness (QED) is 0.0276. The summed E-state index contributed by atoms with van der Waals surface area (Å²) in [6.07, 6.45) is 36.3. The van der Waals surface area contributed by atoms with E-state index in [-0.39, 0.29) is 71.0 Å². The second-order valence-corrected chi connectivity index (χ2v) is 47.6. The van der Waals surface area contributed by atoms with Gasteiger partial charge in [-0.2, -0.15) is 0 Å². The largest absolute Gasteiger partial charge is 0.307 e. The Morgan fingerprint density at radius 2 is 0.415 bits per heavy atom. The first kappa shape index (κ1) is 105. The molecule has 6 atom stereocenters. The fourth-order valence-corrected chi connectivity index (χ4v) is 28.7. The molecule has 6 amide bonds. The van der Waals surface area contributed by atoms with Crippen LogP contribution in [0.5, 0.6) is 0 Å². The van der Waals surface area contributed by atoms with Gasteiger partial charge in [0.1, 0.15) is 0 Å². The average Bonchev–Trinajstić information content (AvgIpc) is 1.55. The van der Waals surface area contributed by atoms with Crippen molar-refractivity contribution < 1.29 is 28.8 Å². The zero-order chi connectivity index (χ0) is 99.8. The van der Waals surface area contributed by atoms with Crippen LogP contribution in [0.15, 0.2) is 180 Å². The number of fused-ring (bicyclic) bond motifs is 4. The SMILES string of the molecule is CCCCCCc1ccc(-c2ccc(C3=C4C(=O)N(CC(CC)CCCC)C(c5ccc(-c6ccc(-c7ccc8c(c7)N(CC(CC)CCCC)C(=O)/C8=C7/C(=O)N(CC(CC)CCCC)c8cc(-c9ccc(-c%10ccc(C%11=C%12C(=O)N(CC(CC)CCCC)C(c%13ccc(-c%14ccc(CCCCCC)cc%14)s%13)=C%12C(=O)N%11CC(CC)CCCC)s%10)s9)ccc87)s6)s5)=C4C(=O)N3CC(CC)CCCC)s2)cc1. The van der Waals surface area contributed by atoms with Crippen LogP contribution in [-0.2, 0) is 41.6 Å². The van der Waals surface area contributed by atoms with Crippen molar-refractivity contribution in [2.24, 2.45) is 35.5 Å². The normalized spacial score (nSPS) is 16.7. The van der Waals surface area contributed by atoms with Crippen molar-refractivity contribution >= 4 is 149 Å². The van der Waals surface area contributed by atoms with Crippen LogP contribution in [0.2, 0.25) is 0 Å². The van der Waals surface area contributed by atoms with Crippen LogP contribution in [0.1, 0.15) is 344 Å². The van der Waals surface area contributed by atoms with Gasteiger partial charge < -0.3 is 29.4 Å². The summed E-state index contributed by atoms with van der Waals surface area (Å²) >= 11 is 10.1. The number of carbonyl (C=O) groups excluding carboxylic acids is 6. The maximum Gasteiger partial charge on any atom is 0.261 e. The molecular weight excluding hydrogens is 1860 g/mol. The summed E-state index contributed by atoms with van der Waals surface area (Å²) in [5.74, 6) is 0.974. The molecule has 6 aliphatic heterocycles. The third-order valence-electron chi connectivity index (χ3n) is 31.3. The highest BCUT2D eigenvalue weighted by molar-refractivity contribution is 7.25. The van der Waals surface area contributed by atoms with Crippen LogP contribution in [0, 0.1) is 35.5 Å². The predicted octanol–water partition coefficient (Wildman–Crippen LogP) is 34.8. The number of amides is 6. The van der Waals surface area contributed by atoms with E-state index in [1.165, 1.54) is 62.5 Å². The lowest BCUT2D eigenvalue weighted by atomic mass is 9.95. The Bertz CT molecular complexity index is 5890. The summed E-state index contributed by atoms with van der Waals surface area (Å²) in [6.45, 7) is 34.6. The number of benzene rings is 4. The van der Waals surface area contributed by atoms with Gasteiger partial charge in [-0.15, -0.1) is 68.0 Å². The summed E-state index contributed by atoms with van der Waals surface area (Å²) in [5.41, 5.74) is 16.3. The Labute approximate surface area is 873 Å². The van der Waals surface area contributed by atoms with Crippen molar-refractivity contribution in [3.05, 3.63) is 222 Å². The molecule has 0 radical (unpaired) electrons. The molecule has 752 valence electrons. The number of aryl methyl sites for hydroxylation is 2. The lowest BCUT2D eigenvalue weighted by Crippen LogP contribution is -2.34. The van der Waals surface area contributed by atoms with Gasteiger partial charge in [0.2, 0.25) is 0 Å². The summed E-state index contributed by atoms with van der Waals surface area (Å²) in [7, 11) is 0.